The van der Waals surface area contributed by atoms with Crippen LogP contribution in [0.5, 0.6) is 0 Å². The van der Waals surface area contributed by atoms with E-state index in [1.165, 1.54) is 30.6 Å². The van der Waals surface area contributed by atoms with E-state index >= 15 is 0 Å². The molecular formula is C24H37N3O2S. The maximum absolute atomic E-state index is 13.8. The summed E-state index contributed by atoms with van der Waals surface area (Å²) in [4.78, 5) is 32.8. The number of rotatable bonds is 10. The first-order valence-electron chi connectivity index (χ1n) is 12.0. The quantitative estimate of drug-likeness (QED) is 0.529. The molecule has 6 heteroatoms. The van der Waals surface area contributed by atoms with Crippen molar-refractivity contribution in [3.05, 3.63) is 16.1 Å². The van der Waals surface area contributed by atoms with Gasteiger partial charge in [-0.15, -0.1) is 11.3 Å². The molecule has 1 aromatic heterocycles. The second-order valence-corrected chi connectivity index (χ2v) is 11.0. The van der Waals surface area contributed by atoms with Crippen LogP contribution in [0.4, 0.5) is 0 Å². The van der Waals surface area contributed by atoms with Gasteiger partial charge in [0.1, 0.15) is 10.7 Å². The third kappa shape index (κ3) is 4.58. The Labute approximate surface area is 185 Å². The maximum atomic E-state index is 13.8. The highest BCUT2D eigenvalue weighted by Crippen LogP contribution is 2.60. The SMILES string of the molecule is CCCCNC(=O)c1csc(CN(CCCC)C(=O)C23CC4CC(CC(C4)C2)C3)n1. The minimum absolute atomic E-state index is 0.0986. The van der Waals surface area contributed by atoms with Gasteiger partial charge in [-0.25, -0.2) is 4.98 Å². The van der Waals surface area contributed by atoms with Crippen molar-refractivity contribution in [2.24, 2.45) is 23.2 Å². The Kier molecular flexibility index (Phi) is 6.81. The molecule has 4 fully saturated rings. The Balaban J connectivity index is 1.44. The van der Waals surface area contributed by atoms with Crippen molar-refractivity contribution in [2.75, 3.05) is 13.1 Å². The number of carbonyl (C=O) groups is 2. The van der Waals surface area contributed by atoms with Gasteiger partial charge in [-0.3, -0.25) is 9.59 Å². The number of aromatic nitrogens is 1. The highest BCUT2D eigenvalue weighted by Gasteiger charge is 2.55. The van der Waals surface area contributed by atoms with Gasteiger partial charge in [0.25, 0.3) is 5.91 Å². The van der Waals surface area contributed by atoms with Crippen molar-refractivity contribution in [1.29, 1.82) is 0 Å². The molecule has 0 atom stereocenters. The molecule has 1 N–H and O–H groups in total. The zero-order valence-corrected chi connectivity index (χ0v) is 19.4. The summed E-state index contributed by atoms with van der Waals surface area (Å²) in [5.74, 6) is 2.59. The molecule has 0 aliphatic heterocycles. The monoisotopic (exact) mass is 431 g/mol. The summed E-state index contributed by atoms with van der Waals surface area (Å²) in [6.07, 6.45) is 11.5. The third-order valence-corrected chi connectivity index (χ3v) is 8.32. The number of hydrogen-bond acceptors (Lipinski definition) is 4. The molecule has 4 aliphatic rings. The molecule has 5 rings (SSSR count). The van der Waals surface area contributed by atoms with E-state index in [2.05, 4.69) is 29.0 Å². The van der Waals surface area contributed by atoms with E-state index in [0.29, 0.717) is 24.7 Å². The van der Waals surface area contributed by atoms with Gasteiger partial charge < -0.3 is 10.2 Å². The van der Waals surface area contributed by atoms with E-state index in [1.54, 1.807) is 0 Å². The second-order valence-electron chi connectivity index (χ2n) is 10.0. The topological polar surface area (TPSA) is 62.3 Å². The number of nitrogens with zero attached hydrogens (tertiary/aromatic N) is 2. The van der Waals surface area contributed by atoms with Crippen LogP contribution in [0, 0.1) is 23.2 Å². The normalized spacial score (nSPS) is 29.2. The van der Waals surface area contributed by atoms with Crippen LogP contribution < -0.4 is 5.32 Å². The first-order chi connectivity index (χ1) is 14.5. The van der Waals surface area contributed by atoms with E-state index in [-0.39, 0.29) is 11.3 Å². The van der Waals surface area contributed by atoms with Crippen LogP contribution in [0.3, 0.4) is 0 Å². The minimum atomic E-state index is -0.111. The lowest BCUT2D eigenvalue weighted by atomic mass is 9.49. The predicted octanol–water partition coefficient (Wildman–Crippen LogP) is 5.02. The number of nitrogens with one attached hydrogen (secondary N) is 1. The molecule has 0 saturated heterocycles. The Bertz CT molecular complexity index is 724. The largest absolute Gasteiger partial charge is 0.351 e. The predicted molar refractivity (Wildman–Crippen MR) is 120 cm³/mol. The van der Waals surface area contributed by atoms with E-state index < -0.39 is 0 Å². The molecular weight excluding hydrogens is 394 g/mol. The number of hydrogen-bond donors (Lipinski definition) is 1. The van der Waals surface area contributed by atoms with Gasteiger partial charge in [0.2, 0.25) is 5.91 Å². The number of unbranched alkanes of at least 4 members (excludes halogenated alkanes) is 2. The lowest BCUT2D eigenvalue weighted by molar-refractivity contribution is -0.158. The van der Waals surface area contributed by atoms with Crippen molar-refractivity contribution in [2.45, 2.75) is 84.6 Å². The van der Waals surface area contributed by atoms with Crippen LogP contribution in [0.15, 0.2) is 5.38 Å². The van der Waals surface area contributed by atoms with Crippen LogP contribution in [0.25, 0.3) is 0 Å². The van der Waals surface area contributed by atoms with Crippen molar-refractivity contribution >= 4 is 23.2 Å². The number of amides is 2. The molecule has 1 heterocycles. The first-order valence-corrected chi connectivity index (χ1v) is 12.9. The summed E-state index contributed by atoms with van der Waals surface area (Å²) in [6, 6.07) is 0. The summed E-state index contributed by atoms with van der Waals surface area (Å²) >= 11 is 1.51. The van der Waals surface area contributed by atoms with Crippen LogP contribution in [-0.2, 0) is 11.3 Å². The molecule has 0 unspecified atom stereocenters. The Morgan fingerprint density at radius 2 is 1.73 bits per heavy atom. The molecule has 4 aliphatic carbocycles. The highest BCUT2D eigenvalue weighted by atomic mass is 32.1. The highest BCUT2D eigenvalue weighted by molar-refractivity contribution is 7.09. The van der Waals surface area contributed by atoms with Crippen LogP contribution in [-0.4, -0.2) is 34.8 Å². The number of carbonyl (C=O) groups excluding carboxylic acids is 2. The summed E-state index contributed by atoms with van der Waals surface area (Å²) in [5, 5.41) is 5.65. The smallest absolute Gasteiger partial charge is 0.270 e. The lowest BCUT2D eigenvalue weighted by Gasteiger charge is -2.56. The summed E-state index contributed by atoms with van der Waals surface area (Å²) in [6.45, 7) is 6.33. The van der Waals surface area contributed by atoms with Crippen LogP contribution >= 0.6 is 11.3 Å². The first kappa shape index (κ1) is 21.8. The molecule has 0 spiro atoms. The molecule has 30 heavy (non-hydrogen) atoms. The van der Waals surface area contributed by atoms with E-state index in [1.807, 2.05) is 5.38 Å². The van der Waals surface area contributed by atoms with Gasteiger partial charge in [-0.1, -0.05) is 26.7 Å². The fraction of sp³-hybridized carbons (Fsp3) is 0.792. The summed E-state index contributed by atoms with van der Waals surface area (Å²) < 4.78 is 0. The van der Waals surface area contributed by atoms with Gasteiger partial charge >= 0.3 is 0 Å². The Morgan fingerprint density at radius 1 is 1.10 bits per heavy atom. The average Bonchev–Trinajstić information content (AvgIpc) is 3.18. The van der Waals surface area contributed by atoms with Crippen molar-refractivity contribution in [1.82, 2.24) is 15.2 Å². The summed E-state index contributed by atoms with van der Waals surface area (Å²) in [5.41, 5.74) is 0.379. The molecule has 2 amide bonds. The van der Waals surface area contributed by atoms with E-state index in [0.717, 1.165) is 74.3 Å². The fourth-order valence-corrected chi connectivity index (χ4v) is 7.22. The second kappa shape index (κ2) is 9.37. The molecule has 0 radical (unpaired) electrons. The van der Waals surface area contributed by atoms with Crippen molar-refractivity contribution in [3.63, 3.8) is 0 Å². The third-order valence-electron chi connectivity index (χ3n) is 7.49. The lowest BCUT2D eigenvalue weighted by Crippen LogP contribution is -2.54. The van der Waals surface area contributed by atoms with Crippen LogP contribution in [0.2, 0.25) is 0 Å². The van der Waals surface area contributed by atoms with Crippen molar-refractivity contribution < 1.29 is 9.59 Å². The van der Waals surface area contributed by atoms with Gasteiger partial charge in [-0.2, -0.15) is 0 Å². The summed E-state index contributed by atoms with van der Waals surface area (Å²) in [7, 11) is 0. The average molecular weight is 432 g/mol. The molecule has 166 valence electrons. The molecule has 0 aromatic carbocycles. The number of thiazole rings is 1. The van der Waals surface area contributed by atoms with Gasteiger partial charge in [-0.05, 0) is 69.1 Å². The van der Waals surface area contributed by atoms with Gasteiger partial charge in [0.05, 0.1) is 12.0 Å². The van der Waals surface area contributed by atoms with Crippen molar-refractivity contribution in [3.8, 4) is 0 Å². The zero-order chi connectivity index (χ0) is 21.1. The fourth-order valence-electron chi connectivity index (χ4n) is 6.43. The minimum Gasteiger partial charge on any atom is -0.351 e. The van der Waals surface area contributed by atoms with Gasteiger partial charge in [0, 0.05) is 18.5 Å². The molecule has 1 aromatic rings. The zero-order valence-electron chi connectivity index (χ0n) is 18.6. The van der Waals surface area contributed by atoms with Crippen LogP contribution in [0.1, 0.15) is 93.6 Å². The maximum Gasteiger partial charge on any atom is 0.270 e. The standard InChI is InChI=1S/C24H37N3O2S/c1-3-5-7-25-22(28)20-16-30-21(26-20)15-27(8-6-4-2)23(29)24-12-17-9-18(13-24)11-19(10-17)14-24/h16-19H,3-15H2,1-2H3,(H,25,28). The van der Waals surface area contributed by atoms with Gasteiger partial charge in [0.15, 0.2) is 0 Å². The molecule has 4 bridgehead atoms. The van der Waals surface area contributed by atoms with E-state index in [4.69, 9.17) is 0 Å². The molecule has 4 saturated carbocycles. The Morgan fingerprint density at radius 3 is 2.33 bits per heavy atom. The Hall–Kier alpha value is -1.43. The molecule has 5 nitrogen and oxygen atoms in total. The van der Waals surface area contributed by atoms with E-state index in [9.17, 15) is 9.59 Å².